The third-order valence-electron chi connectivity index (χ3n) is 4.69. The maximum Gasteiger partial charge on any atom is 0.248 e. The van der Waals surface area contributed by atoms with Crippen LogP contribution in [0.25, 0.3) is 0 Å². The second kappa shape index (κ2) is 7.70. The van der Waals surface area contributed by atoms with E-state index < -0.39 is 0 Å². The number of hydrogen-bond acceptors (Lipinski definition) is 4. The van der Waals surface area contributed by atoms with E-state index >= 15 is 0 Å². The number of nitrogens with zero attached hydrogens (tertiary/aromatic N) is 4. The van der Waals surface area contributed by atoms with E-state index in [9.17, 15) is 4.79 Å². The van der Waals surface area contributed by atoms with Gasteiger partial charge in [0.1, 0.15) is 6.61 Å². The van der Waals surface area contributed by atoms with E-state index in [0.29, 0.717) is 0 Å². The molecule has 1 aromatic heterocycles. The number of amides is 1. The van der Waals surface area contributed by atoms with Gasteiger partial charge in [-0.15, -0.1) is 0 Å². The maximum absolute atomic E-state index is 11.7. The van der Waals surface area contributed by atoms with Crippen molar-refractivity contribution < 1.29 is 9.53 Å². The Balaban J connectivity index is 0.000000880. The molecule has 25 heavy (non-hydrogen) atoms. The molecule has 2 unspecified atom stereocenters. The van der Waals surface area contributed by atoms with Gasteiger partial charge < -0.3 is 14.5 Å². The highest BCUT2D eigenvalue weighted by molar-refractivity contribution is 5.78. The Hall–Kier alpha value is -2.34. The van der Waals surface area contributed by atoms with E-state index in [-0.39, 0.29) is 24.7 Å². The molecular weight excluding hydrogens is 316 g/mol. The summed E-state index contributed by atoms with van der Waals surface area (Å²) >= 11 is 0. The fraction of sp³-hybridized carbons (Fsp3) is 0.474. The lowest BCUT2D eigenvalue weighted by molar-refractivity contribution is -0.150. The van der Waals surface area contributed by atoms with Gasteiger partial charge in [0.2, 0.25) is 5.91 Å². The number of benzene rings is 1. The van der Waals surface area contributed by atoms with Gasteiger partial charge in [0.15, 0.2) is 5.82 Å². The second-order valence-electron chi connectivity index (χ2n) is 6.18. The van der Waals surface area contributed by atoms with Crippen LogP contribution in [0.3, 0.4) is 0 Å². The lowest BCUT2D eigenvalue weighted by atomic mass is 10.1. The normalized spacial score (nSPS) is 22.4. The molecule has 2 saturated heterocycles. The molecule has 6 heteroatoms. The van der Waals surface area contributed by atoms with Crippen molar-refractivity contribution in [3.8, 4) is 0 Å². The van der Waals surface area contributed by atoms with Crippen molar-refractivity contribution in [2.45, 2.75) is 32.5 Å². The molecule has 6 nitrogen and oxygen atoms in total. The Labute approximate surface area is 149 Å². The molecule has 0 radical (unpaired) electrons. The molecule has 1 aromatic carbocycles. The summed E-state index contributed by atoms with van der Waals surface area (Å²) < 4.78 is 7.62. The number of rotatable bonds is 3. The largest absolute Gasteiger partial charge is 0.364 e. The van der Waals surface area contributed by atoms with Crippen LogP contribution in [0.4, 0.5) is 5.82 Å². The Kier molecular flexibility index (Phi) is 5.38. The van der Waals surface area contributed by atoms with Gasteiger partial charge in [-0.1, -0.05) is 44.2 Å². The Bertz CT molecular complexity index is 700. The lowest BCUT2D eigenvalue weighted by Crippen LogP contribution is -2.51. The minimum Gasteiger partial charge on any atom is -0.364 e. The van der Waals surface area contributed by atoms with Crippen LogP contribution in [0.2, 0.25) is 0 Å². The molecule has 0 bridgehead atoms. The van der Waals surface area contributed by atoms with Crippen molar-refractivity contribution in [2.75, 3.05) is 31.6 Å². The van der Waals surface area contributed by atoms with Crippen LogP contribution in [0, 0.1) is 0 Å². The summed E-state index contributed by atoms with van der Waals surface area (Å²) in [5.41, 5.74) is 1.23. The first kappa shape index (κ1) is 17.5. The Morgan fingerprint density at radius 2 is 1.92 bits per heavy atom. The van der Waals surface area contributed by atoms with E-state index in [4.69, 9.17) is 4.74 Å². The van der Waals surface area contributed by atoms with E-state index in [0.717, 1.165) is 25.5 Å². The zero-order valence-corrected chi connectivity index (χ0v) is 15.1. The highest BCUT2D eigenvalue weighted by Gasteiger charge is 2.42. The van der Waals surface area contributed by atoms with Crippen molar-refractivity contribution in [1.29, 1.82) is 0 Å². The molecule has 134 valence electrons. The predicted octanol–water partition coefficient (Wildman–Crippen LogP) is 2.00. The highest BCUT2D eigenvalue weighted by atomic mass is 16.5. The Morgan fingerprint density at radius 3 is 2.68 bits per heavy atom. The number of carbonyl (C=O) groups is 1. The predicted molar refractivity (Wildman–Crippen MR) is 97.6 cm³/mol. The molecule has 2 aliphatic rings. The molecular formula is C19H26N4O2. The van der Waals surface area contributed by atoms with Crippen molar-refractivity contribution in [3.63, 3.8) is 0 Å². The summed E-state index contributed by atoms with van der Waals surface area (Å²) in [7, 11) is 1.86. The summed E-state index contributed by atoms with van der Waals surface area (Å²) in [5.74, 6) is 1.00. The number of likely N-dealkylation sites (N-methyl/N-ethyl adjacent to an activating group) is 1. The fourth-order valence-electron chi connectivity index (χ4n) is 3.32. The van der Waals surface area contributed by atoms with Crippen LogP contribution >= 0.6 is 0 Å². The second-order valence-corrected chi connectivity index (χ2v) is 6.18. The molecule has 0 saturated carbocycles. The van der Waals surface area contributed by atoms with Crippen LogP contribution < -0.4 is 4.90 Å². The minimum atomic E-state index is 0.0581. The standard InChI is InChI=1S/C17H20N4O2.C2H6/c1-19-14-10-20(11-15(14)23-12-17(19)22)16-7-8-21(18-16)9-13-5-3-2-4-6-13;1-2/h2-8,14-15H,9-12H2,1H3;1-2H3. The maximum atomic E-state index is 11.7. The fourth-order valence-corrected chi connectivity index (χ4v) is 3.32. The van der Waals surface area contributed by atoms with Gasteiger partial charge in [0.25, 0.3) is 0 Å². The van der Waals surface area contributed by atoms with Gasteiger partial charge in [-0.05, 0) is 5.56 Å². The summed E-state index contributed by atoms with van der Waals surface area (Å²) in [4.78, 5) is 15.8. The molecule has 2 atom stereocenters. The number of aromatic nitrogens is 2. The first-order valence-electron chi connectivity index (χ1n) is 8.90. The first-order chi connectivity index (χ1) is 12.2. The summed E-state index contributed by atoms with van der Waals surface area (Å²) in [6.45, 7) is 6.50. The third kappa shape index (κ3) is 3.69. The van der Waals surface area contributed by atoms with Gasteiger partial charge in [-0.2, -0.15) is 5.10 Å². The van der Waals surface area contributed by atoms with Crippen LogP contribution in [0.5, 0.6) is 0 Å². The summed E-state index contributed by atoms with van der Waals surface area (Å²) in [6.07, 6.45) is 2.08. The SMILES string of the molecule is CC.CN1C(=O)COC2CN(c3ccn(Cc4ccccc4)n3)CC21. The van der Waals surface area contributed by atoms with Crippen molar-refractivity contribution in [1.82, 2.24) is 14.7 Å². The molecule has 2 aliphatic heterocycles. The van der Waals surface area contributed by atoms with Crippen LogP contribution in [0.15, 0.2) is 42.6 Å². The third-order valence-corrected chi connectivity index (χ3v) is 4.69. The van der Waals surface area contributed by atoms with Gasteiger partial charge in [-0.3, -0.25) is 9.48 Å². The van der Waals surface area contributed by atoms with E-state index in [1.807, 2.05) is 60.9 Å². The number of ether oxygens (including phenoxy) is 1. The summed E-state index contributed by atoms with van der Waals surface area (Å²) in [5, 5.41) is 4.67. The Morgan fingerprint density at radius 1 is 1.16 bits per heavy atom. The number of fused-ring (bicyclic) bond motifs is 1. The van der Waals surface area contributed by atoms with Gasteiger partial charge in [-0.25, -0.2) is 0 Å². The van der Waals surface area contributed by atoms with Gasteiger partial charge in [0.05, 0.1) is 18.7 Å². The quantitative estimate of drug-likeness (QED) is 0.856. The monoisotopic (exact) mass is 342 g/mol. The molecule has 1 amide bonds. The van der Waals surface area contributed by atoms with Crippen LogP contribution in [-0.2, 0) is 16.1 Å². The minimum absolute atomic E-state index is 0.0581. The zero-order chi connectivity index (χ0) is 17.8. The molecule has 2 fully saturated rings. The van der Waals surface area contributed by atoms with Crippen LogP contribution in [-0.4, -0.2) is 59.5 Å². The first-order valence-corrected chi connectivity index (χ1v) is 8.90. The number of carbonyl (C=O) groups excluding carboxylic acids is 1. The number of anilines is 1. The molecule has 0 aliphatic carbocycles. The number of hydrogen-bond donors (Lipinski definition) is 0. The average Bonchev–Trinajstić information content (AvgIpc) is 3.28. The molecule has 3 heterocycles. The number of morpholine rings is 1. The molecule has 2 aromatic rings. The highest BCUT2D eigenvalue weighted by Crippen LogP contribution is 2.26. The van der Waals surface area contributed by atoms with E-state index in [1.54, 1.807) is 0 Å². The topological polar surface area (TPSA) is 50.6 Å². The van der Waals surface area contributed by atoms with Gasteiger partial charge in [0, 0.05) is 32.4 Å². The smallest absolute Gasteiger partial charge is 0.248 e. The van der Waals surface area contributed by atoms with E-state index in [1.165, 1.54) is 5.56 Å². The lowest BCUT2D eigenvalue weighted by Gasteiger charge is -2.33. The van der Waals surface area contributed by atoms with E-state index in [2.05, 4.69) is 22.1 Å². The summed E-state index contributed by atoms with van der Waals surface area (Å²) in [6, 6.07) is 12.4. The average molecular weight is 342 g/mol. The van der Waals surface area contributed by atoms with Crippen molar-refractivity contribution in [2.24, 2.45) is 0 Å². The molecule has 4 rings (SSSR count). The van der Waals surface area contributed by atoms with Gasteiger partial charge >= 0.3 is 0 Å². The van der Waals surface area contributed by atoms with Crippen LogP contribution in [0.1, 0.15) is 19.4 Å². The van der Waals surface area contributed by atoms with Crippen molar-refractivity contribution >= 4 is 11.7 Å². The van der Waals surface area contributed by atoms with Crippen molar-refractivity contribution in [3.05, 3.63) is 48.2 Å². The molecule has 0 N–H and O–H groups in total. The molecule has 0 spiro atoms. The zero-order valence-electron chi connectivity index (χ0n) is 15.1.